The molecule has 3 heterocycles. The summed E-state index contributed by atoms with van der Waals surface area (Å²) in [5, 5.41) is 0. The molecule has 150 valence electrons. The molecular formula is C22H23N3O4. The number of fused-ring (bicyclic) bond motifs is 2. The van der Waals surface area contributed by atoms with Crippen molar-refractivity contribution in [3.05, 3.63) is 58.5 Å². The lowest BCUT2D eigenvalue weighted by Crippen LogP contribution is -2.45. The minimum Gasteiger partial charge on any atom is -0.454 e. The molecule has 1 saturated heterocycles. The Bertz CT molecular complexity index is 1120. The van der Waals surface area contributed by atoms with Crippen LogP contribution in [0.3, 0.4) is 0 Å². The number of ether oxygens (including phenoxy) is 2. The Morgan fingerprint density at radius 1 is 1.10 bits per heavy atom. The van der Waals surface area contributed by atoms with Crippen molar-refractivity contribution < 1.29 is 14.3 Å². The number of aromatic nitrogens is 2. The van der Waals surface area contributed by atoms with Gasteiger partial charge >= 0.3 is 5.69 Å². The number of rotatable bonds is 4. The SMILES string of the molecule is CC(C(=O)c1ccc2c(c1)OCO2)N1CCC(n2c(=O)[nH]c3ccccc32)CC1. The Hall–Kier alpha value is -3.06. The third-order valence-corrected chi connectivity index (χ3v) is 6.07. The third-order valence-electron chi connectivity index (χ3n) is 6.07. The second kappa shape index (κ2) is 7.08. The molecule has 2 aromatic carbocycles. The van der Waals surface area contributed by atoms with Crippen molar-refractivity contribution in [1.82, 2.24) is 14.5 Å². The average Bonchev–Trinajstić information content (AvgIpc) is 3.35. The smallest absolute Gasteiger partial charge is 0.326 e. The molecule has 1 atom stereocenters. The summed E-state index contributed by atoms with van der Waals surface area (Å²) in [4.78, 5) is 30.6. The van der Waals surface area contributed by atoms with Gasteiger partial charge in [0.1, 0.15) is 0 Å². The summed E-state index contributed by atoms with van der Waals surface area (Å²) < 4.78 is 12.6. The van der Waals surface area contributed by atoms with Gasteiger partial charge in [-0.2, -0.15) is 0 Å². The van der Waals surface area contributed by atoms with Crippen LogP contribution >= 0.6 is 0 Å². The van der Waals surface area contributed by atoms with Crippen molar-refractivity contribution in [2.24, 2.45) is 0 Å². The molecule has 1 fully saturated rings. The summed E-state index contributed by atoms with van der Waals surface area (Å²) in [6.45, 7) is 3.69. The van der Waals surface area contributed by atoms with Gasteiger partial charge in [0.2, 0.25) is 6.79 Å². The van der Waals surface area contributed by atoms with Gasteiger partial charge in [0.05, 0.1) is 17.1 Å². The molecule has 0 radical (unpaired) electrons. The number of para-hydroxylation sites is 2. The molecule has 1 N–H and O–H groups in total. The van der Waals surface area contributed by atoms with E-state index in [1.807, 2.05) is 35.8 Å². The van der Waals surface area contributed by atoms with Gasteiger partial charge in [0.25, 0.3) is 0 Å². The van der Waals surface area contributed by atoms with E-state index in [1.54, 1.807) is 18.2 Å². The van der Waals surface area contributed by atoms with Crippen LogP contribution in [0.2, 0.25) is 0 Å². The molecule has 3 aromatic rings. The number of H-pyrrole nitrogens is 1. The normalized spacial score (nSPS) is 18.2. The summed E-state index contributed by atoms with van der Waals surface area (Å²) in [7, 11) is 0. The first-order valence-electron chi connectivity index (χ1n) is 9.99. The zero-order chi connectivity index (χ0) is 20.0. The van der Waals surface area contributed by atoms with Crippen molar-refractivity contribution in [2.75, 3.05) is 19.9 Å². The highest BCUT2D eigenvalue weighted by atomic mass is 16.7. The summed E-state index contributed by atoms with van der Waals surface area (Å²) in [5.41, 5.74) is 2.39. The predicted molar refractivity (Wildman–Crippen MR) is 109 cm³/mol. The number of imidazole rings is 1. The van der Waals surface area contributed by atoms with Crippen LogP contribution in [0, 0.1) is 0 Å². The Labute approximate surface area is 167 Å². The van der Waals surface area contributed by atoms with Crippen LogP contribution in [0.1, 0.15) is 36.2 Å². The quantitative estimate of drug-likeness (QED) is 0.690. The number of likely N-dealkylation sites (tertiary alicyclic amines) is 1. The number of hydrogen-bond donors (Lipinski definition) is 1. The van der Waals surface area contributed by atoms with Crippen molar-refractivity contribution in [1.29, 1.82) is 0 Å². The molecule has 1 aromatic heterocycles. The number of nitrogens with zero attached hydrogens (tertiary/aromatic N) is 2. The number of benzene rings is 2. The van der Waals surface area contributed by atoms with Gasteiger partial charge in [-0.25, -0.2) is 4.79 Å². The molecular weight excluding hydrogens is 370 g/mol. The number of aromatic amines is 1. The first kappa shape index (κ1) is 18.0. The Morgan fingerprint density at radius 2 is 1.86 bits per heavy atom. The Balaban J connectivity index is 1.29. The van der Waals surface area contributed by atoms with E-state index in [0.29, 0.717) is 17.1 Å². The Kier molecular flexibility index (Phi) is 4.39. The minimum atomic E-state index is -0.226. The van der Waals surface area contributed by atoms with Crippen molar-refractivity contribution in [3.8, 4) is 11.5 Å². The number of hydrogen-bond acceptors (Lipinski definition) is 5. The largest absolute Gasteiger partial charge is 0.454 e. The molecule has 0 bridgehead atoms. The van der Waals surface area contributed by atoms with E-state index in [4.69, 9.17) is 9.47 Å². The maximum absolute atomic E-state index is 13.0. The van der Waals surface area contributed by atoms with Gasteiger partial charge in [0, 0.05) is 24.7 Å². The predicted octanol–water partition coefficient (Wildman–Crippen LogP) is 2.97. The molecule has 0 aliphatic carbocycles. The third kappa shape index (κ3) is 3.11. The molecule has 2 aliphatic heterocycles. The Morgan fingerprint density at radius 3 is 2.69 bits per heavy atom. The van der Waals surface area contributed by atoms with Gasteiger partial charge in [-0.15, -0.1) is 0 Å². The number of carbonyl (C=O) groups excluding carboxylic acids is 1. The molecule has 5 rings (SSSR count). The lowest BCUT2D eigenvalue weighted by molar-refractivity contribution is 0.0775. The highest BCUT2D eigenvalue weighted by Crippen LogP contribution is 2.33. The van der Waals surface area contributed by atoms with Crippen LogP contribution in [-0.4, -0.2) is 46.2 Å². The van der Waals surface area contributed by atoms with Crippen LogP contribution in [-0.2, 0) is 0 Å². The van der Waals surface area contributed by atoms with E-state index in [2.05, 4.69) is 9.88 Å². The zero-order valence-corrected chi connectivity index (χ0v) is 16.3. The maximum Gasteiger partial charge on any atom is 0.326 e. The zero-order valence-electron chi connectivity index (χ0n) is 16.3. The van der Waals surface area contributed by atoms with Gasteiger partial charge in [-0.3, -0.25) is 14.3 Å². The number of Topliss-reactive ketones (excluding diaryl/α,β-unsaturated/α-hetero) is 1. The maximum atomic E-state index is 13.0. The molecule has 7 nitrogen and oxygen atoms in total. The van der Waals surface area contributed by atoms with E-state index in [9.17, 15) is 9.59 Å². The fourth-order valence-corrected chi connectivity index (χ4v) is 4.42. The molecule has 7 heteroatoms. The monoisotopic (exact) mass is 393 g/mol. The first-order chi connectivity index (χ1) is 14.1. The van der Waals surface area contributed by atoms with Crippen LogP contribution in [0.15, 0.2) is 47.3 Å². The van der Waals surface area contributed by atoms with E-state index in [0.717, 1.165) is 37.0 Å². The van der Waals surface area contributed by atoms with Crippen LogP contribution < -0.4 is 15.2 Å². The molecule has 0 saturated carbocycles. The fraction of sp³-hybridized carbons (Fsp3) is 0.364. The van der Waals surface area contributed by atoms with Gasteiger partial charge in [-0.1, -0.05) is 12.1 Å². The van der Waals surface area contributed by atoms with E-state index < -0.39 is 0 Å². The fourth-order valence-electron chi connectivity index (χ4n) is 4.42. The number of carbonyl (C=O) groups is 1. The molecule has 0 spiro atoms. The minimum absolute atomic E-state index is 0.0610. The van der Waals surface area contributed by atoms with Crippen LogP contribution in [0.5, 0.6) is 11.5 Å². The van der Waals surface area contributed by atoms with Crippen molar-refractivity contribution >= 4 is 16.8 Å². The van der Waals surface area contributed by atoms with E-state index >= 15 is 0 Å². The van der Waals surface area contributed by atoms with Crippen molar-refractivity contribution in [2.45, 2.75) is 31.8 Å². The highest BCUT2D eigenvalue weighted by molar-refractivity contribution is 6.00. The molecule has 29 heavy (non-hydrogen) atoms. The average molecular weight is 393 g/mol. The van der Waals surface area contributed by atoms with Crippen molar-refractivity contribution in [3.63, 3.8) is 0 Å². The first-order valence-corrected chi connectivity index (χ1v) is 9.99. The second-order valence-electron chi connectivity index (χ2n) is 7.69. The summed E-state index contributed by atoms with van der Waals surface area (Å²) in [6, 6.07) is 13.0. The second-order valence-corrected chi connectivity index (χ2v) is 7.69. The number of piperidine rings is 1. The molecule has 0 amide bonds. The van der Waals surface area contributed by atoms with Crippen LogP contribution in [0.4, 0.5) is 0 Å². The lowest BCUT2D eigenvalue weighted by atomic mass is 9.98. The van der Waals surface area contributed by atoms with Gasteiger partial charge < -0.3 is 14.5 Å². The highest BCUT2D eigenvalue weighted by Gasteiger charge is 2.30. The summed E-state index contributed by atoms with van der Waals surface area (Å²) in [5.74, 6) is 1.38. The number of nitrogens with one attached hydrogen (secondary N) is 1. The topological polar surface area (TPSA) is 76.6 Å². The van der Waals surface area contributed by atoms with E-state index in [1.165, 1.54) is 0 Å². The standard InChI is InChI=1S/C22H23N3O4/c1-14(21(26)15-6-7-19-20(12-15)29-13-28-19)24-10-8-16(9-11-24)25-18-5-3-2-4-17(18)23-22(25)27/h2-7,12,14,16H,8-11,13H2,1H3,(H,23,27). The lowest BCUT2D eigenvalue weighted by Gasteiger charge is -2.35. The van der Waals surface area contributed by atoms with E-state index in [-0.39, 0.29) is 30.3 Å². The van der Waals surface area contributed by atoms with Crippen LogP contribution in [0.25, 0.3) is 11.0 Å². The molecule has 2 aliphatic rings. The van der Waals surface area contributed by atoms with Gasteiger partial charge in [-0.05, 0) is 50.1 Å². The summed E-state index contributed by atoms with van der Waals surface area (Å²) in [6.07, 6.45) is 1.67. The molecule has 1 unspecified atom stereocenters. The van der Waals surface area contributed by atoms with Gasteiger partial charge in [0.15, 0.2) is 17.3 Å². The summed E-state index contributed by atoms with van der Waals surface area (Å²) >= 11 is 0. The number of ketones is 1.